The van der Waals surface area contributed by atoms with E-state index in [1.54, 1.807) is 12.4 Å². The smallest absolute Gasteiger partial charge is 0.277 e. The fourth-order valence-electron chi connectivity index (χ4n) is 1.89. The molecule has 0 unspecified atom stereocenters. The lowest BCUT2D eigenvalue weighted by molar-refractivity contribution is 0.102. The molecule has 8 heteroatoms. The van der Waals surface area contributed by atoms with E-state index in [0.717, 1.165) is 11.0 Å². The van der Waals surface area contributed by atoms with Gasteiger partial charge < -0.3 is 5.32 Å². The lowest BCUT2D eigenvalue weighted by Gasteiger charge is -2.07. The monoisotopic (exact) mass is 271 g/mol. The molecule has 0 aliphatic carbocycles. The van der Waals surface area contributed by atoms with Crippen LogP contribution < -0.4 is 5.32 Å². The van der Waals surface area contributed by atoms with Crippen LogP contribution in [0.2, 0.25) is 0 Å². The predicted octanol–water partition coefficient (Wildman–Crippen LogP) is 1.38. The molecule has 0 aliphatic heterocycles. The Hall–Kier alpha value is -2.77. The molecule has 0 saturated heterocycles. The first-order chi connectivity index (χ1) is 9.65. The van der Waals surface area contributed by atoms with Crippen molar-refractivity contribution >= 4 is 22.6 Å². The third kappa shape index (κ3) is 2.11. The molecule has 3 heterocycles. The molecule has 0 fully saturated rings. The minimum Gasteiger partial charge on any atom is -0.319 e. The minimum absolute atomic E-state index is 0.225. The first-order valence-corrected chi connectivity index (χ1v) is 6.15. The van der Waals surface area contributed by atoms with Crippen LogP contribution in [0.25, 0.3) is 11.0 Å². The first kappa shape index (κ1) is 12.3. The summed E-state index contributed by atoms with van der Waals surface area (Å²) in [5.74, 6) is -0.337. The Bertz CT molecular complexity index is 744. The van der Waals surface area contributed by atoms with Crippen molar-refractivity contribution < 1.29 is 4.79 Å². The Morgan fingerprint density at radius 1 is 1.35 bits per heavy atom. The van der Waals surface area contributed by atoms with E-state index >= 15 is 0 Å². The van der Waals surface area contributed by atoms with Crippen molar-refractivity contribution in [2.45, 2.75) is 19.9 Å². The summed E-state index contributed by atoms with van der Waals surface area (Å²) in [5.41, 5.74) is 1.61. The van der Waals surface area contributed by atoms with Gasteiger partial charge in [-0.15, -0.1) is 0 Å². The van der Waals surface area contributed by atoms with Crippen LogP contribution in [0.15, 0.2) is 24.7 Å². The molecule has 0 bridgehead atoms. The Morgan fingerprint density at radius 3 is 2.90 bits per heavy atom. The number of H-pyrrole nitrogens is 1. The van der Waals surface area contributed by atoms with Crippen LogP contribution >= 0.6 is 0 Å². The number of carbonyl (C=O) groups excluding carboxylic acids is 1. The maximum absolute atomic E-state index is 11.8. The van der Waals surface area contributed by atoms with Crippen LogP contribution in [0.5, 0.6) is 0 Å². The molecule has 1 amide bonds. The number of rotatable bonds is 3. The zero-order chi connectivity index (χ0) is 14.1. The lowest BCUT2D eigenvalue weighted by Crippen LogP contribution is -2.12. The SMILES string of the molecule is CC(C)n1ncc2cc(NC(=O)c3cn[nH]n3)cnc21. The number of amides is 1. The highest BCUT2D eigenvalue weighted by Crippen LogP contribution is 2.19. The van der Waals surface area contributed by atoms with Gasteiger partial charge in [0.25, 0.3) is 5.91 Å². The number of aromatic nitrogens is 6. The first-order valence-electron chi connectivity index (χ1n) is 6.15. The molecule has 0 atom stereocenters. The van der Waals surface area contributed by atoms with Crippen LogP contribution in [0, 0.1) is 0 Å². The third-order valence-electron chi connectivity index (χ3n) is 2.83. The highest BCUT2D eigenvalue weighted by molar-refractivity contribution is 6.03. The van der Waals surface area contributed by atoms with Gasteiger partial charge >= 0.3 is 0 Å². The number of anilines is 1. The fourth-order valence-corrected chi connectivity index (χ4v) is 1.89. The van der Waals surface area contributed by atoms with Gasteiger partial charge in [-0.05, 0) is 19.9 Å². The van der Waals surface area contributed by atoms with Gasteiger partial charge in [0.15, 0.2) is 11.3 Å². The van der Waals surface area contributed by atoms with Crippen molar-refractivity contribution in [1.82, 2.24) is 30.2 Å². The van der Waals surface area contributed by atoms with Gasteiger partial charge in [-0.25, -0.2) is 9.67 Å². The van der Waals surface area contributed by atoms with Crippen LogP contribution in [-0.2, 0) is 0 Å². The van der Waals surface area contributed by atoms with E-state index in [-0.39, 0.29) is 17.6 Å². The van der Waals surface area contributed by atoms with Crippen molar-refractivity contribution in [2.24, 2.45) is 0 Å². The minimum atomic E-state index is -0.337. The third-order valence-corrected chi connectivity index (χ3v) is 2.83. The number of nitrogens with one attached hydrogen (secondary N) is 2. The number of carbonyl (C=O) groups is 1. The van der Waals surface area contributed by atoms with Crippen molar-refractivity contribution in [3.05, 3.63) is 30.4 Å². The van der Waals surface area contributed by atoms with Gasteiger partial charge in [0.1, 0.15) is 0 Å². The van der Waals surface area contributed by atoms with Crippen LogP contribution in [0.1, 0.15) is 30.4 Å². The van der Waals surface area contributed by atoms with Crippen LogP contribution in [-0.4, -0.2) is 36.1 Å². The summed E-state index contributed by atoms with van der Waals surface area (Å²) in [7, 11) is 0. The number of pyridine rings is 1. The Labute approximate surface area is 114 Å². The molecule has 8 nitrogen and oxygen atoms in total. The number of hydrogen-bond acceptors (Lipinski definition) is 5. The van der Waals surface area contributed by atoms with Gasteiger partial charge in [-0.3, -0.25) is 4.79 Å². The molecule has 0 radical (unpaired) electrons. The topological polar surface area (TPSA) is 101 Å². The quantitative estimate of drug-likeness (QED) is 0.749. The summed E-state index contributed by atoms with van der Waals surface area (Å²) >= 11 is 0. The highest BCUT2D eigenvalue weighted by Gasteiger charge is 2.11. The molecule has 3 rings (SSSR count). The second-order valence-electron chi connectivity index (χ2n) is 4.63. The zero-order valence-corrected chi connectivity index (χ0v) is 11.0. The van der Waals surface area contributed by atoms with Crippen LogP contribution in [0.4, 0.5) is 5.69 Å². The molecule has 20 heavy (non-hydrogen) atoms. The number of nitrogens with zero attached hydrogens (tertiary/aromatic N) is 5. The molecule has 0 spiro atoms. The van der Waals surface area contributed by atoms with Gasteiger partial charge in [-0.1, -0.05) is 0 Å². The largest absolute Gasteiger partial charge is 0.319 e. The molecular weight excluding hydrogens is 258 g/mol. The molecule has 3 aromatic rings. The summed E-state index contributed by atoms with van der Waals surface area (Å²) < 4.78 is 1.83. The van der Waals surface area contributed by atoms with Crippen LogP contribution in [0.3, 0.4) is 0 Å². The van der Waals surface area contributed by atoms with E-state index in [4.69, 9.17) is 0 Å². The van der Waals surface area contributed by atoms with E-state index in [0.29, 0.717) is 5.69 Å². The van der Waals surface area contributed by atoms with E-state index in [1.165, 1.54) is 6.20 Å². The van der Waals surface area contributed by atoms with Gasteiger partial charge in [-0.2, -0.15) is 20.5 Å². The normalized spacial score (nSPS) is 11.2. The maximum Gasteiger partial charge on any atom is 0.277 e. The molecule has 0 aromatic carbocycles. The maximum atomic E-state index is 11.8. The fraction of sp³-hybridized carbons (Fsp3) is 0.250. The predicted molar refractivity (Wildman–Crippen MR) is 72.2 cm³/mol. The van der Waals surface area contributed by atoms with Gasteiger partial charge in [0, 0.05) is 11.4 Å². The summed E-state index contributed by atoms with van der Waals surface area (Å²) in [6, 6.07) is 2.06. The Morgan fingerprint density at radius 2 is 2.20 bits per heavy atom. The molecule has 2 N–H and O–H groups in total. The van der Waals surface area contributed by atoms with E-state index in [1.807, 2.05) is 24.6 Å². The van der Waals surface area contributed by atoms with E-state index in [2.05, 4.69) is 30.8 Å². The zero-order valence-electron chi connectivity index (χ0n) is 11.0. The summed E-state index contributed by atoms with van der Waals surface area (Å²) in [5, 5.41) is 17.6. The number of fused-ring (bicyclic) bond motifs is 1. The summed E-state index contributed by atoms with van der Waals surface area (Å²) in [4.78, 5) is 16.2. The second kappa shape index (κ2) is 4.72. The second-order valence-corrected chi connectivity index (χ2v) is 4.63. The van der Waals surface area contributed by atoms with E-state index < -0.39 is 0 Å². The summed E-state index contributed by atoms with van der Waals surface area (Å²) in [6.07, 6.45) is 4.69. The summed E-state index contributed by atoms with van der Waals surface area (Å²) in [6.45, 7) is 4.07. The molecule has 3 aromatic heterocycles. The molecule has 102 valence electrons. The number of hydrogen-bond donors (Lipinski definition) is 2. The Kier molecular flexibility index (Phi) is 2.90. The average Bonchev–Trinajstić information content (AvgIpc) is 3.07. The number of aromatic amines is 1. The molecule has 0 saturated carbocycles. The van der Waals surface area contributed by atoms with Gasteiger partial charge in [0.05, 0.1) is 24.3 Å². The standard InChI is InChI=1S/C12H13N7O/c1-7(2)19-11-8(4-15-19)3-9(5-13-11)16-12(20)10-6-14-18-17-10/h3-7H,1-2H3,(H,16,20)(H,14,17,18). The van der Waals surface area contributed by atoms with Gasteiger partial charge in [0.2, 0.25) is 0 Å². The van der Waals surface area contributed by atoms with Crippen molar-refractivity contribution in [1.29, 1.82) is 0 Å². The van der Waals surface area contributed by atoms with Crippen molar-refractivity contribution in [3.63, 3.8) is 0 Å². The molecule has 0 aliphatic rings. The molecular formula is C12H13N7O. The van der Waals surface area contributed by atoms with E-state index in [9.17, 15) is 4.79 Å². The highest BCUT2D eigenvalue weighted by atomic mass is 16.2. The lowest BCUT2D eigenvalue weighted by atomic mass is 10.3. The van der Waals surface area contributed by atoms with Crippen molar-refractivity contribution in [3.8, 4) is 0 Å². The Balaban J connectivity index is 1.88. The average molecular weight is 271 g/mol. The van der Waals surface area contributed by atoms with Crippen molar-refractivity contribution in [2.75, 3.05) is 5.32 Å².